The minimum atomic E-state index is -0.662. The summed E-state index contributed by atoms with van der Waals surface area (Å²) in [7, 11) is 0. The SMILES string of the molecule is CC[NH+](CC)CCN1C(=O)C(O)=C(C(C)=O)C1c1ccc(F)cc1. The molecule has 0 aromatic heterocycles. The van der Waals surface area contributed by atoms with E-state index in [-0.39, 0.29) is 17.2 Å². The number of carbonyl (C=O) groups is 2. The van der Waals surface area contributed by atoms with Crippen LogP contribution in [0, 0.1) is 5.82 Å². The third-order valence-electron chi connectivity index (χ3n) is 4.57. The first-order valence-corrected chi connectivity index (χ1v) is 8.24. The molecule has 5 nitrogen and oxygen atoms in total. The Morgan fingerprint density at radius 1 is 1.25 bits per heavy atom. The Morgan fingerprint density at radius 2 is 1.83 bits per heavy atom. The zero-order valence-electron chi connectivity index (χ0n) is 14.3. The van der Waals surface area contributed by atoms with Crippen LogP contribution in [0.25, 0.3) is 0 Å². The molecule has 0 saturated heterocycles. The molecule has 1 unspecified atom stereocenters. The lowest BCUT2D eigenvalue weighted by Gasteiger charge is -2.28. The van der Waals surface area contributed by atoms with Gasteiger partial charge in [-0.1, -0.05) is 12.1 Å². The summed E-state index contributed by atoms with van der Waals surface area (Å²) in [5, 5.41) is 10.2. The third kappa shape index (κ3) is 3.48. The van der Waals surface area contributed by atoms with Gasteiger partial charge in [0, 0.05) is 0 Å². The fourth-order valence-electron chi connectivity index (χ4n) is 3.12. The molecule has 0 spiro atoms. The molecule has 1 aromatic rings. The summed E-state index contributed by atoms with van der Waals surface area (Å²) in [5.74, 6) is -1.78. The maximum Gasteiger partial charge on any atom is 0.290 e. The molecule has 6 heteroatoms. The number of aliphatic hydroxyl groups excluding tert-OH is 1. The van der Waals surface area contributed by atoms with Gasteiger partial charge in [-0.2, -0.15) is 0 Å². The molecule has 1 amide bonds. The molecule has 0 radical (unpaired) electrons. The summed E-state index contributed by atoms with van der Waals surface area (Å²) in [6.07, 6.45) is 0. The third-order valence-corrected chi connectivity index (χ3v) is 4.57. The van der Waals surface area contributed by atoms with Crippen LogP contribution < -0.4 is 4.90 Å². The van der Waals surface area contributed by atoms with Crippen molar-refractivity contribution in [1.29, 1.82) is 0 Å². The van der Waals surface area contributed by atoms with Crippen molar-refractivity contribution in [3.63, 3.8) is 0 Å². The molecular formula is C18H24FN2O3+. The number of rotatable bonds is 7. The number of halogens is 1. The molecule has 24 heavy (non-hydrogen) atoms. The van der Waals surface area contributed by atoms with E-state index in [1.807, 2.05) is 0 Å². The number of Topliss-reactive ketones (excluding diaryl/α,β-unsaturated/α-hetero) is 1. The lowest BCUT2D eigenvalue weighted by molar-refractivity contribution is -0.895. The molecule has 1 aliphatic heterocycles. The summed E-state index contributed by atoms with van der Waals surface area (Å²) in [6.45, 7) is 8.46. The van der Waals surface area contributed by atoms with Crippen LogP contribution in [0.15, 0.2) is 35.6 Å². The number of benzene rings is 1. The van der Waals surface area contributed by atoms with Crippen molar-refractivity contribution in [3.8, 4) is 0 Å². The number of hydrogen-bond donors (Lipinski definition) is 2. The standard InChI is InChI=1S/C18H23FN2O3/c1-4-20(5-2)10-11-21-16(13-6-8-14(19)9-7-13)15(12(3)22)17(23)18(21)24/h6-9,16,23H,4-5,10-11H2,1-3H3/p+1. The normalized spacial score (nSPS) is 18.0. The van der Waals surface area contributed by atoms with Crippen molar-refractivity contribution < 1.29 is 24.0 Å². The fourth-order valence-corrected chi connectivity index (χ4v) is 3.12. The van der Waals surface area contributed by atoms with Crippen LogP contribution in [0.3, 0.4) is 0 Å². The predicted molar refractivity (Wildman–Crippen MR) is 88.1 cm³/mol. The fraction of sp³-hybridized carbons (Fsp3) is 0.444. The van der Waals surface area contributed by atoms with Crippen LogP contribution in [0.4, 0.5) is 4.39 Å². The molecule has 0 fully saturated rings. The Morgan fingerprint density at radius 3 is 2.33 bits per heavy atom. The van der Waals surface area contributed by atoms with E-state index in [0.717, 1.165) is 19.6 Å². The number of aliphatic hydroxyl groups is 1. The second-order valence-corrected chi connectivity index (χ2v) is 5.98. The molecule has 2 rings (SSSR count). The van der Waals surface area contributed by atoms with E-state index in [1.54, 1.807) is 12.1 Å². The van der Waals surface area contributed by atoms with Gasteiger partial charge in [0.25, 0.3) is 5.91 Å². The molecule has 1 heterocycles. The lowest BCUT2D eigenvalue weighted by Crippen LogP contribution is -3.12. The van der Waals surface area contributed by atoms with Gasteiger partial charge in [0.1, 0.15) is 5.82 Å². The average molecular weight is 335 g/mol. The zero-order valence-corrected chi connectivity index (χ0v) is 14.3. The average Bonchev–Trinajstić information content (AvgIpc) is 2.81. The van der Waals surface area contributed by atoms with Gasteiger partial charge >= 0.3 is 0 Å². The maximum absolute atomic E-state index is 13.2. The number of likely N-dealkylation sites (N-methyl/N-ethyl adjacent to an activating group) is 1. The number of carbonyl (C=O) groups excluding carboxylic acids is 2. The Bertz CT molecular complexity index is 651. The maximum atomic E-state index is 13.2. The summed E-state index contributed by atoms with van der Waals surface area (Å²) in [4.78, 5) is 27.2. The molecule has 130 valence electrons. The second-order valence-electron chi connectivity index (χ2n) is 5.98. The van der Waals surface area contributed by atoms with Crippen molar-refractivity contribution in [2.45, 2.75) is 26.8 Å². The van der Waals surface area contributed by atoms with Crippen LogP contribution in [0.5, 0.6) is 0 Å². The first-order chi connectivity index (χ1) is 11.4. The van der Waals surface area contributed by atoms with Crippen molar-refractivity contribution in [2.75, 3.05) is 26.2 Å². The second kappa shape index (κ2) is 7.57. The highest BCUT2D eigenvalue weighted by molar-refractivity contribution is 6.08. The number of amides is 1. The van der Waals surface area contributed by atoms with E-state index in [1.165, 1.54) is 28.9 Å². The van der Waals surface area contributed by atoms with Crippen LogP contribution >= 0.6 is 0 Å². The van der Waals surface area contributed by atoms with E-state index in [9.17, 15) is 19.1 Å². The molecule has 1 aliphatic rings. The van der Waals surface area contributed by atoms with E-state index in [0.29, 0.717) is 12.1 Å². The summed E-state index contributed by atoms with van der Waals surface area (Å²) in [5.41, 5.74) is 0.703. The summed E-state index contributed by atoms with van der Waals surface area (Å²) in [6, 6.07) is 5.02. The smallest absolute Gasteiger partial charge is 0.290 e. The largest absolute Gasteiger partial charge is 0.503 e. The molecule has 0 aliphatic carbocycles. The van der Waals surface area contributed by atoms with E-state index in [2.05, 4.69) is 13.8 Å². The van der Waals surface area contributed by atoms with Crippen molar-refractivity contribution in [3.05, 3.63) is 47.0 Å². The first-order valence-electron chi connectivity index (χ1n) is 8.24. The first kappa shape index (κ1) is 18.1. The van der Waals surface area contributed by atoms with Crippen LogP contribution in [-0.2, 0) is 9.59 Å². The minimum Gasteiger partial charge on any atom is -0.503 e. The minimum absolute atomic E-state index is 0.0844. The molecule has 0 saturated carbocycles. The number of hydrogen-bond acceptors (Lipinski definition) is 3. The number of nitrogens with zero attached hydrogens (tertiary/aromatic N) is 1. The van der Waals surface area contributed by atoms with Gasteiger partial charge in [-0.25, -0.2) is 4.39 Å². The van der Waals surface area contributed by atoms with Crippen LogP contribution in [0.2, 0.25) is 0 Å². The molecule has 2 N–H and O–H groups in total. The number of ketones is 1. The van der Waals surface area contributed by atoms with Crippen molar-refractivity contribution in [1.82, 2.24) is 4.90 Å². The van der Waals surface area contributed by atoms with Crippen LogP contribution in [0.1, 0.15) is 32.4 Å². The van der Waals surface area contributed by atoms with Crippen molar-refractivity contribution >= 4 is 11.7 Å². The van der Waals surface area contributed by atoms with Gasteiger partial charge in [-0.3, -0.25) is 9.59 Å². The monoisotopic (exact) mass is 335 g/mol. The number of quaternary nitrogens is 1. The zero-order chi connectivity index (χ0) is 17.9. The quantitative estimate of drug-likeness (QED) is 0.782. The Kier molecular flexibility index (Phi) is 5.72. The number of nitrogens with one attached hydrogen (secondary N) is 1. The highest BCUT2D eigenvalue weighted by atomic mass is 19.1. The van der Waals surface area contributed by atoms with Gasteiger partial charge in [-0.05, 0) is 38.5 Å². The van der Waals surface area contributed by atoms with Gasteiger partial charge in [0.2, 0.25) is 0 Å². The molecule has 1 atom stereocenters. The van der Waals surface area contributed by atoms with E-state index >= 15 is 0 Å². The summed E-state index contributed by atoms with van der Waals surface area (Å²) < 4.78 is 13.2. The Labute approximate surface area is 141 Å². The van der Waals surface area contributed by atoms with Gasteiger partial charge in [-0.15, -0.1) is 0 Å². The molecule has 0 bridgehead atoms. The highest BCUT2D eigenvalue weighted by Gasteiger charge is 2.42. The summed E-state index contributed by atoms with van der Waals surface area (Å²) >= 11 is 0. The Balaban J connectivity index is 2.36. The molecule has 1 aromatic carbocycles. The van der Waals surface area contributed by atoms with Gasteiger partial charge < -0.3 is 14.9 Å². The van der Waals surface area contributed by atoms with Crippen LogP contribution in [-0.4, -0.2) is 47.9 Å². The van der Waals surface area contributed by atoms with Crippen molar-refractivity contribution in [2.24, 2.45) is 0 Å². The Hall–Kier alpha value is -2.21. The highest BCUT2D eigenvalue weighted by Crippen LogP contribution is 2.37. The van der Waals surface area contributed by atoms with Gasteiger partial charge in [0.05, 0.1) is 37.8 Å². The van der Waals surface area contributed by atoms with E-state index in [4.69, 9.17) is 0 Å². The lowest BCUT2D eigenvalue weighted by atomic mass is 9.97. The van der Waals surface area contributed by atoms with Gasteiger partial charge in [0.15, 0.2) is 11.5 Å². The van der Waals surface area contributed by atoms with E-state index < -0.39 is 17.7 Å². The topological polar surface area (TPSA) is 62.1 Å². The predicted octanol–water partition coefficient (Wildman–Crippen LogP) is 1.03. The molecular weight excluding hydrogens is 311 g/mol.